The Kier molecular flexibility index (Phi) is 5.89. The van der Waals surface area contributed by atoms with Crippen LogP contribution in [-0.2, 0) is 0 Å². The van der Waals surface area contributed by atoms with E-state index in [0.29, 0.717) is 12.1 Å². The predicted molar refractivity (Wildman–Crippen MR) is 77.0 cm³/mol. The molecule has 0 radical (unpaired) electrons. The smallest absolute Gasteiger partial charge is 0.0368 e. The Labute approximate surface area is 112 Å². The number of piperidine rings is 1. The van der Waals surface area contributed by atoms with Gasteiger partial charge in [-0.2, -0.15) is 0 Å². The molecule has 0 spiro atoms. The third kappa shape index (κ3) is 4.19. The fourth-order valence-corrected chi connectivity index (χ4v) is 3.18. The number of hydrogen-bond donors (Lipinski definition) is 3. The molecule has 18 heavy (non-hydrogen) atoms. The molecule has 0 aromatic carbocycles. The highest BCUT2D eigenvalue weighted by Crippen LogP contribution is 2.10. The van der Waals surface area contributed by atoms with Crippen LogP contribution in [0.3, 0.4) is 0 Å². The third-order valence-electron chi connectivity index (χ3n) is 4.51. The van der Waals surface area contributed by atoms with E-state index in [-0.39, 0.29) is 0 Å². The highest BCUT2D eigenvalue weighted by Gasteiger charge is 2.24. The highest BCUT2D eigenvalue weighted by atomic mass is 15.2. The molecule has 3 unspecified atom stereocenters. The summed E-state index contributed by atoms with van der Waals surface area (Å²) >= 11 is 0. The van der Waals surface area contributed by atoms with Gasteiger partial charge in [-0.05, 0) is 46.3 Å². The van der Waals surface area contributed by atoms with Crippen molar-refractivity contribution >= 4 is 0 Å². The molecule has 4 nitrogen and oxygen atoms in total. The van der Waals surface area contributed by atoms with E-state index in [1.54, 1.807) is 0 Å². The van der Waals surface area contributed by atoms with Gasteiger partial charge < -0.3 is 16.0 Å². The molecule has 2 rings (SSSR count). The lowest BCUT2D eigenvalue weighted by Gasteiger charge is -2.37. The monoisotopic (exact) mass is 254 g/mol. The minimum atomic E-state index is 0.575. The van der Waals surface area contributed by atoms with Crippen molar-refractivity contribution in [3.63, 3.8) is 0 Å². The van der Waals surface area contributed by atoms with Gasteiger partial charge in [0.25, 0.3) is 0 Å². The summed E-state index contributed by atoms with van der Waals surface area (Å²) in [6, 6.07) is 1.96. The van der Waals surface area contributed by atoms with Crippen LogP contribution >= 0.6 is 0 Å². The minimum Gasteiger partial charge on any atom is -0.314 e. The molecule has 2 fully saturated rings. The highest BCUT2D eigenvalue weighted by molar-refractivity contribution is 4.86. The molecule has 0 saturated carbocycles. The van der Waals surface area contributed by atoms with Gasteiger partial charge in [-0.1, -0.05) is 6.42 Å². The van der Waals surface area contributed by atoms with Crippen LogP contribution < -0.4 is 16.0 Å². The minimum absolute atomic E-state index is 0.575. The predicted octanol–water partition coefficient (Wildman–Crippen LogP) is 0.400. The number of hydrogen-bond acceptors (Lipinski definition) is 4. The number of likely N-dealkylation sites (N-methyl/N-ethyl adjacent to an activating group) is 1. The van der Waals surface area contributed by atoms with Gasteiger partial charge in [0, 0.05) is 37.8 Å². The van der Waals surface area contributed by atoms with Crippen LogP contribution in [0.5, 0.6) is 0 Å². The molecule has 2 heterocycles. The van der Waals surface area contributed by atoms with Crippen molar-refractivity contribution < 1.29 is 0 Å². The Hall–Kier alpha value is -0.160. The molecule has 0 bridgehead atoms. The number of piperazine rings is 1. The molecule has 0 aromatic rings. The van der Waals surface area contributed by atoms with Crippen LogP contribution in [0.1, 0.15) is 32.6 Å². The van der Waals surface area contributed by atoms with Crippen molar-refractivity contribution in [2.45, 2.75) is 50.7 Å². The summed E-state index contributed by atoms with van der Waals surface area (Å²) < 4.78 is 0. The van der Waals surface area contributed by atoms with Gasteiger partial charge in [-0.25, -0.2) is 0 Å². The maximum absolute atomic E-state index is 3.71. The Morgan fingerprint density at radius 2 is 2.22 bits per heavy atom. The molecule has 2 saturated heterocycles. The summed E-state index contributed by atoms with van der Waals surface area (Å²) in [5, 5.41) is 10.8. The largest absolute Gasteiger partial charge is 0.314 e. The summed E-state index contributed by atoms with van der Waals surface area (Å²) in [5.74, 6) is 0. The molecule has 0 aromatic heterocycles. The van der Waals surface area contributed by atoms with Gasteiger partial charge in [0.2, 0.25) is 0 Å². The standard InChI is InChI=1S/C14H30N4/c1-12(14-11-15-9-10-18(14)2)16-8-6-13-5-3-4-7-17-13/h12-17H,3-11H2,1-2H3. The summed E-state index contributed by atoms with van der Waals surface area (Å²) in [6.45, 7) is 8.10. The van der Waals surface area contributed by atoms with Gasteiger partial charge in [0.05, 0.1) is 0 Å². The average Bonchev–Trinajstić information content (AvgIpc) is 2.40. The Morgan fingerprint density at radius 3 is 2.94 bits per heavy atom. The van der Waals surface area contributed by atoms with Crippen LogP contribution in [0.15, 0.2) is 0 Å². The maximum atomic E-state index is 3.71. The van der Waals surface area contributed by atoms with E-state index in [9.17, 15) is 0 Å². The second-order valence-electron chi connectivity index (χ2n) is 5.93. The molecule has 0 amide bonds. The van der Waals surface area contributed by atoms with Crippen molar-refractivity contribution in [3.05, 3.63) is 0 Å². The first-order chi connectivity index (χ1) is 8.77. The average molecular weight is 254 g/mol. The second-order valence-corrected chi connectivity index (χ2v) is 5.93. The third-order valence-corrected chi connectivity index (χ3v) is 4.51. The zero-order chi connectivity index (χ0) is 12.8. The number of nitrogens with zero attached hydrogens (tertiary/aromatic N) is 1. The first-order valence-electron chi connectivity index (χ1n) is 7.65. The molecule has 4 heteroatoms. The number of rotatable bonds is 5. The molecule has 3 N–H and O–H groups in total. The van der Waals surface area contributed by atoms with E-state index in [1.807, 2.05) is 0 Å². The zero-order valence-corrected chi connectivity index (χ0v) is 12.0. The van der Waals surface area contributed by atoms with Crippen LogP contribution in [-0.4, -0.2) is 62.8 Å². The lowest BCUT2D eigenvalue weighted by Crippen LogP contribution is -2.57. The quantitative estimate of drug-likeness (QED) is 0.664. The van der Waals surface area contributed by atoms with Gasteiger partial charge in [0.15, 0.2) is 0 Å². The summed E-state index contributed by atoms with van der Waals surface area (Å²) in [5.41, 5.74) is 0. The Morgan fingerprint density at radius 1 is 1.33 bits per heavy atom. The van der Waals surface area contributed by atoms with Gasteiger partial charge >= 0.3 is 0 Å². The Bertz CT molecular complexity index is 228. The lowest BCUT2D eigenvalue weighted by molar-refractivity contribution is 0.163. The van der Waals surface area contributed by atoms with Crippen LogP contribution in [0, 0.1) is 0 Å². The van der Waals surface area contributed by atoms with E-state index in [1.165, 1.54) is 38.8 Å². The normalized spacial score (nSPS) is 32.3. The van der Waals surface area contributed by atoms with Gasteiger partial charge in [0.1, 0.15) is 0 Å². The topological polar surface area (TPSA) is 39.3 Å². The Balaban J connectivity index is 1.62. The van der Waals surface area contributed by atoms with Crippen LogP contribution in [0.2, 0.25) is 0 Å². The molecular weight excluding hydrogens is 224 g/mol. The van der Waals surface area contributed by atoms with Crippen molar-refractivity contribution in [1.82, 2.24) is 20.9 Å². The fraction of sp³-hybridized carbons (Fsp3) is 1.00. The summed E-state index contributed by atoms with van der Waals surface area (Å²) in [7, 11) is 2.24. The van der Waals surface area contributed by atoms with Gasteiger partial charge in [-0.15, -0.1) is 0 Å². The van der Waals surface area contributed by atoms with Crippen LogP contribution in [0.25, 0.3) is 0 Å². The van der Waals surface area contributed by atoms with E-state index in [4.69, 9.17) is 0 Å². The van der Waals surface area contributed by atoms with Crippen LogP contribution in [0.4, 0.5) is 0 Å². The van der Waals surface area contributed by atoms with E-state index in [0.717, 1.165) is 25.7 Å². The van der Waals surface area contributed by atoms with Crippen molar-refractivity contribution in [2.24, 2.45) is 0 Å². The molecular formula is C14H30N4. The van der Waals surface area contributed by atoms with E-state index in [2.05, 4.69) is 34.8 Å². The molecule has 3 atom stereocenters. The van der Waals surface area contributed by atoms with Gasteiger partial charge in [-0.3, -0.25) is 4.90 Å². The molecule has 2 aliphatic rings. The SMILES string of the molecule is CC(NCCC1CCCCN1)C1CNCCN1C. The summed E-state index contributed by atoms with van der Waals surface area (Å²) in [6.07, 6.45) is 5.40. The molecule has 106 valence electrons. The first-order valence-corrected chi connectivity index (χ1v) is 7.65. The molecule has 2 aliphatic heterocycles. The molecule has 0 aliphatic carbocycles. The fourth-order valence-electron chi connectivity index (χ4n) is 3.18. The summed E-state index contributed by atoms with van der Waals surface area (Å²) in [4.78, 5) is 2.48. The van der Waals surface area contributed by atoms with Crippen molar-refractivity contribution in [1.29, 1.82) is 0 Å². The zero-order valence-electron chi connectivity index (χ0n) is 12.0. The van der Waals surface area contributed by atoms with E-state index >= 15 is 0 Å². The van der Waals surface area contributed by atoms with E-state index < -0.39 is 0 Å². The van der Waals surface area contributed by atoms with Crippen molar-refractivity contribution in [3.8, 4) is 0 Å². The maximum Gasteiger partial charge on any atom is 0.0368 e. The lowest BCUT2D eigenvalue weighted by atomic mass is 10.0. The second kappa shape index (κ2) is 7.43. The first kappa shape index (κ1) is 14.3. The number of nitrogens with one attached hydrogen (secondary N) is 3. The van der Waals surface area contributed by atoms with Crippen molar-refractivity contribution in [2.75, 3.05) is 39.8 Å².